The number of esters is 1. The fourth-order valence-corrected chi connectivity index (χ4v) is 4.10. The molecule has 0 saturated carbocycles. The third-order valence-corrected chi connectivity index (χ3v) is 6.47. The van der Waals surface area contributed by atoms with Gasteiger partial charge in [0.15, 0.2) is 6.61 Å². The molecule has 1 aromatic carbocycles. The van der Waals surface area contributed by atoms with Gasteiger partial charge in [0.05, 0.1) is 15.5 Å². The number of imide groups is 1. The number of nitrogens with one attached hydrogen (secondary N) is 2. The summed E-state index contributed by atoms with van der Waals surface area (Å²) in [6, 6.07) is 2.98. The standard InChI is InChI=1S/C19H28ClN3O6S/c1-5-23(6-2)30(27,28)14-7-8-16(20)15(11-14)18(25)29-12-17(24)22-19(26)21-10-9-13(3)4/h7-8,11,13H,5-6,9-10,12H2,1-4H3,(H2,21,22,24,26). The normalized spacial score (nSPS) is 11.4. The molecule has 0 spiro atoms. The molecule has 0 fully saturated rings. The minimum absolute atomic E-state index is 0.0228. The maximum Gasteiger partial charge on any atom is 0.340 e. The van der Waals surface area contributed by atoms with Crippen LogP contribution in [-0.2, 0) is 19.6 Å². The Hall–Kier alpha value is -2.17. The molecule has 0 unspecified atom stereocenters. The quantitative estimate of drug-likeness (QED) is 0.516. The molecule has 11 heteroatoms. The van der Waals surface area contributed by atoms with Crippen LogP contribution in [-0.4, -0.2) is 56.9 Å². The highest BCUT2D eigenvalue weighted by Crippen LogP contribution is 2.23. The zero-order valence-corrected chi connectivity index (χ0v) is 19.1. The number of sulfonamides is 1. The van der Waals surface area contributed by atoms with Gasteiger partial charge >= 0.3 is 12.0 Å². The number of nitrogens with zero attached hydrogens (tertiary/aromatic N) is 1. The molecule has 0 radical (unpaired) electrons. The second-order valence-electron chi connectivity index (χ2n) is 6.79. The number of benzene rings is 1. The van der Waals surface area contributed by atoms with Gasteiger partial charge < -0.3 is 10.1 Å². The smallest absolute Gasteiger partial charge is 0.340 e. The summed E-state index contributed by atoms with van der Waals surface area (Å²) in [7, 11) is -3.80. The highest BCUT2D eigenvalue weighted by Gasteiger charge is 2.24. The van der Waals surface area contributed by atoms with Gasteiger partial charge in [-0.15, -0.1) is 0 Å². The van der Waals surface area contributed by atoms with Gasteiger partial charge in [-0.05, 0) is 30.5 Å². The number of carbonyl (C=O) groups is 3. The van der Waals surface area contributed by atoms with E-state index in [1.165, 1.54) is 16.4 Å². The van der Waals surface area contributed by atoms with Crippen LogP contribution in [0.1, 0.15) is 44.5 Å². The van der Waals surface area contributed by atoms with Gasteiger partial charge in [0, 0.05) is 19.6 Å². The molecule has 0 saturated heterocycles. The van der Waals surface area contributed by atoms with Gasteiger partial charge in [-0.2, -0.15) is 4.31 Å². The lowest BCUT2D eigenvalue weighted by molar-refractivity contribution is -0.123. The third-order valence-electron chi connectivity index (χ3n) is 4.10. The zero-order valence-electron chi connectivity index (χ0n) is 17.5. The topological polar surface area (TPSA) is 122 Å². The molecule has 1 rings (SSSR count). The first-order chi connectivity index (χ1) is 14.0. The summed E-state index contributed by atoms with van der Waals surface area (Å²) in [5.41, 5.74) is -0.195. The SMILES string of the molecule is CCN(CC)S(=O)(=O)c1ccc(Cl)c(C(=O)OCC(=O)NC(=O)NCCC(C)C)c1. The molecule has 9 nitrogen and oxygen atoms in total. The fraction of sp³-hybridized carbons (Fsp3) is 0.526. The Morgan fingerprint density at radius 1 is 1.17 bits per heavy atom. The van der Waals surface area contributed by atoms with E-state index in [0.717, 1.165) is 12.5 Å². The lowest BCUT2D eigenvalue weighted by Gasteiger charge is -2.19. The second kappa shape index (κ2) is 11.9. The maximum absolute atomic E-state index is 12.6. The molecule has 3 amide bonds. The van der Waals surface area contributed by atoms with E-state index in [1.54, 1.807) is 13.8 Å². The molecule has 0 heterocycles. The molecule has 0 aliphatic rings. The van der Waals surface area contributed by atoms with Gasteiger partial charge in [0.25, 0.3) is 5.91 Å². The second-order valence-corrected chi connectivity index (χ2v) is 9.14. The van der Waals surface area contributed by atoms with Gasteiger partial charge in [-0.3, -0.25) is 10.1 Å². The number of halogens is 1. The number of hydrogen-bond acceptors (Lipinski definition) is 6. The van der Waals surface area contributed by atoms with Crippen molar-refractivity contribution in [3.63, 3.8) is 0 Å². The van der Waals surface area contributed by atoms with E-state index in [1.807, 2.05) is 19.2 Å². The molecule has 2 N–H and O–H groups in total. The van der Waals surface area contributed by atoms with E-state index in [9.17, 15) is 22.8 Å². The lowest BCUT2D eigenvalue weighted by Crippen LogP contribution is -2.42. The predicted octanol–water partition coefficient (Wildman–Crippen LogP) is 2.40. The average molecular weight is 462 g/mol. The molecule has 168 valence electrons. The van der Waals surface area contributed by atoms with E-state index in [2.05, 4.69) is 5.32 Å². The molecular formula is C19H28ClN3O6S. The van der Waals surface area contributed by atoms with Crippen molar-refractivity contribution in [2.45, 2.75) is 39.0 Å². The summed E-state index contributed by atoms with van der Waals surface area (Å²) in [6.45, 7) is 7.60. The highest BCUT2D eigenvalue weighted by molar-refractivity contribution is 7.89. The largest absolute Gasteiger partial charge is 0.452 e. The van der Waals surface area contributed by atoms with Gasteiger partial charge in [-0.25, -0.2) is 18.0 Å². The number of carbonyl (C=O) groups excluding carboxylic acids is 3. The van der Waals surface area contributed by atoms with Gasteiger partial charge in [0.1, 0.15) is 0 Å². The molecule has 1 aromatic rings. The summed E-state index contributed by atoms with van der Waals surface area (Å²) < 4.78 is 31.3. The predicted molar refractivity (Wildman–Crippen MR) is 113 cm³/mol. The van der Waals surface area contributed by atoms with Crippen LogP contribution in [0.3, 0.4) is 0 Å². The summed E-state index contributed by atoms with van der Waals surface area (Å²) in [5, 5.41) is 4.53. The van der Waals surface area contributed by atoms with Gasteiger partial charge in [-0.1, -0.05) is 39.3 Å². The first-order valence-corrected chi connectivity index (χ1v) is 11.4. The zero-order chi connectivity index (χ0) is 22.9. The minimum Gasteiger partial charge on any atom is -0.452 e. The minimum atomic E-state index is -3.80. The van der Waals surface area contributed by atoms with Crippen LogP contribution in [0.15, 0.2) is 23.1 Å². The van der Waals surface area contributed by atoms with Crippen molar-refractivity contribution in [2.75, 3.05) is 26.2 Å². The molecule has 30 heavy (non-hydrogen) atoms. The average Bonchev–Trinajstić information content (AvgIpc) is 2.66. The summed E-state index contributed by atoms with van der Waals surface area (Å²) in [6.07, 6.45) is 0.752. The molecule has 0 aromatic heterocycles. The van der Waals surface area contributed by atoms with Crippen molar-refractivity contribution in [1.82, 2.24) is 14.9 Å². The highest BCUT2D eigenvalue weighted by atomic mass is 35.5. The molecular weight excluding hydrogens is 434 g/mol. The van der Waals surface area contributed by atoms with Crippen LogP contribution in [0.4, 0.5) is 4.79 Å². The lowest BCUT2D eigenvalue weighted by atomic mass is 10.1. The number of urea groups is 1. The van der Waals surface area contributed by atoms with Crippen LogP contribution in [0.25, 0.3) is 0 Å². The summed E-state index contributed by atoms with van der Waals surface area (Å²) >= 11 is 6.00. The Balaban J connectivity index is 2.76. The van der Waals surface area contributed by atoms with Crippen LogP contribution < -0.4 is 10.6 Å². The third kappa shape index (κ3) is 7.58. The van der Waals surface area contributed by atoms with Crippen LogP contribution in [0, 0.1) is 5.92 Å². The maximum atomic E-state index is 12.6. The molecule has 0 atom stereocenters. The molecule has 0 bridgehead atoms. The Morgan fingerprint density at radius 2 is 1.80 bits per heavy atom. The molecule has 0 aliphatic carbocycles. The van der Waals surface area contributed by atoms with Crippen molar-refractivity contribution in [3.05, 3.63) is 28.8 Å². The number of ether oxygens (including phenoxy) is 1. The first-order valence-electron chi connectivity index (χ1n) is 9.57. The van der Waals surface area contributed by atoms with Crippen molar-refractivity contribution < 1.29 is 27.5 Å². The van der Waals surface area contributed by atoms with Gasteiger partial charge in [0.2, 0.25) is 10.0 Å². The number of amides is 3. The fourth-order valence-electron chi connectivity index (χ4n) is 2.42. The van der Waals surface area contributed by atoms with Crippen LogP contribution in [0.2, 0.25) is 5.02 Å². The van der Waals surface area contributed by atoms with Crippen molar-refractivity contribution in [3.8, 4) is 0 Å². The van der Waals surface area contributed by atoms with E-state index in [4.69, 9.17) is 16.3 Å². The Morgan fingerprint density at radius 3 is 2.37 bits per heavy atom. The number of rotatable bonds is 10. The summed E-state index contributed by atoms with van der Waals surface area (Å²) in [5.74, 6) is -1.41. The van der Waals surface area contributed by atoms with Crippen LogP contribution >= 0.6 is 11.6 Å². The Labute approximate surface area is 182 Å². The Kier molecular flexibility index (Phi) is 10.2. The van der Waals surface area contributed by atoms with Crippen molar-refractivity contribution >= 4 is 39.5 Å². The van der Waals surface area contributed by atoms with Crippen molar-refractivity contribution in [1.29, 1.82) is 0 Å². The van der Waals surface area contributed by atoms with E-state index >= 15 is 0 Å². The van der Waals surface area contributed by atoms with E-state index in [-0.39, 0.29) is 28.6 Å². The van der Waals surface area contributed by atoms with E-state index in [0.29, 0.717) is 12.5 Å². The molecule has 0 aliphatic heterocycles. The summed E-state index contributed by atoms with van der Waals surface area (Å²) in [4.78, 5) is 35.6. The van der Waals surface area contributed by atoms with Crippen molar-refractivity contribution in [2.24, 2.45) is 5.92 Å². The number of hydrogen-bond donors (Lipinski definition) is 2. The van der Waals surface area contributed by atoms with E-state index < -0.39 is 34.5 Å². The monoisotopic (exact) mass is 461 g/mol. The first kappa shape index (κ1) is 25.9. The van der Waals surface area contributed by atoms with Crippen LogP contribution in [0.5, 0.6) is 0 Å². The Bertz CT molecular complexity index is 869.